The number of esters is 1. The van der Waals surface area contributed by atoms with E-state index < -0.39 is 29.7 Å². The number of carbonyl (C=O) groups excluding carboxylic acids is 1. The molecule has 0 aliphatic heterocycles. The number of aliphatic hydroxyl groups is 1. The van der Waals surface area contributed by atoms with Crippen molar-refractivity contribution in [2.45, 2.75) is 50.9 Å². The minimum absolute atomic E-state index is 0.0116. The predicted molar refractivity (Wildman–Crippen MR) is 63.0 cm³/mol. The fraction of sp³-hybridized carbons (Fsp3) is 0.727. The highest BCUT2D eigenvalue weighted by atomic mass is 16.7. The number of carbonyl (C=O) groups is 3. The summed E-state index contributed by atoms with van der Waals surface area (Å²) in [7, 11) is 0. The van der Waals surface area contributed by atoms with Crippen LogP contribution in [0.25, 0.3) is 0 Å². The van der Waals surface area contributed by atoms with Gasteiger partial charge in [-0.05, 0) is 6.42 Å². The molecule has 0 saturated carbocycles. The first-order valence-electron chi connectivity index (χ1n) is 5.84. The molecule has 0 amide bonds. The normalized spacial score (nSPS) is 15.3. The standard InChI is InChI=1S/C11H19NO7/c1-2-11(18,6-5-9(15)16)19-10(17)7(12)3-4-8(13)14/h7,18H,2-6,12H2,1H3,(H,13,14)(H,15,16)/t7-,11?/m0/s1. The molecule has 8 heteroatoms. The van der Waals surface area contributed by atoms with Gasteiger partial charge in [-0.3, -0.25) is 14.4 Å². The van der Waals surface area contributed by atoms with Gasteiger partial charge >= 0.3 is 17.9 Å². The van der Waals surface area contributed by atoms with Crippen LogP contribution in [0.3, 0.4) is 0 Å². The van der Waals surface area contributed by atoms with E-state index in [1.807, 2.05) is 0 Å². The van der Waals surface area contributed by atoms with Crippen LogP contribution in [0.5, 0.6) is 0 Å². The monoisotopic (exact) mass is 277 g/mol. The van der Waals surface area contributed by atoms with E-state index >= 15 is 0 Å². The Morgan fingerprint density at radius 2 is 1.74 bits per heavy atom. The number of carboxylic acids is 2. The number of ether oxygens (including phenoxy) is 1. The topological polar surface area (TPSA) is 147 Å². The molecule has 0 fully saturated rings. The fourth-order valence-electron chi connectivity index (χ4n) is 1.26. The molecule has 0 aromatic rings. The van der Waals surface area contributed by atoms with Crippen LogP contribution in [0.1, 0.15) is 39.0 Å². The van der Waals surface area contributed by atoms with Gasteiger partial charge in [0.15, 0.2) is 0 Å². The molecule has 0 aliphatic rings. The van der Waals surface area contributed by atoms with E-state index in [4.69, 9.17) is 20.7 Å². The van der Waals surface area contributed by atoms with Crippen molar-refractivity contribution in [3.05, 3.63) is 0 Å². The first-order valence-corrected chi connectivity index (χ1v) is 5.84. The van der Waals surface area contributed by atoms with Crippen LogP contribution in [0.4, 0.5) is 0 Å². The summed E-state index contributed by atoms with van der Waals surface area (Å²) in [5.74, 6) is -5.06. The Kier molecular flexibility index (Phi) is 7.02. The number of hydrogen-bond acceptors (Lipinski definition) is 6. The van der Waals surface area contributed by atoms with E-state index in [0.717, 1.165) is 0 Å². The van der Waals surface area contributed by atoms with E-state index in [0.29, 0.717) is 0 Å². The molecule has 8 nitrogen and oxygen atoms in total. The minimum Gasteiger partial charge on any atom is -0.481 e. The molecule has 0 aromatic carbocycles. The molecule has 0 aromatic heterocycles. The SMILES string of the molecule is CCC(O)(CCC(=O)O)OC(=O)[C@@H](N)CCC(=O)O. The van der Waals surface area contributed by atoms with Gasteiger partial charge in [-0.1, -0.05) is 6.92 Å². The molecule has 110 valence electrons. The van der Waals surface area contributed by atoms with Crippen molar-refractivity contribution in [2.24, 2.45) is 5.73 Å². The first-order chi connectivity index (χ1) is 8.70. The summed E-state index contributed by atoms with van der Waals surface area (Å²) in [6, 6.07) is -1.17. The summed E-state index contributed by atoms with van der Waals surface area (Å²) in [5, 5.41) is 26.9. The lowest BCUT2D eigenvalue weighted by molar-refractivity contribution is -0.215. The minimum atomic E-state index is -1.89. The third-order valence-corrected chi connectivity index (χ3v) is 2.54. The maximum atomic E-state index is 11.5. The van der Waals surface area contributed by atoms with Crippen LogP contribution in [-0.4, -0.2) is 45.1 Å². The van der Waals surface area contributed by atoms with E-state index in [2.05, 4.69) is 0 Å². The highest BCUT2D eigenvalue weighted by molar-refractivity contribution is 5.77. The van der Waals surface area contributed by atoms with Crippen molar-refractivity contribution >= 4 is 17.9 Å². The molecule has 2 atom stereocenters. The van der Waals surface area contributed by atoms with E-state index in [9.17, 15) is 19.5 Å². The predicted octanol–water partition coefficient (Wildman–Crippen LogP) is -0.315. The lowest BCUT2D eigenvalue weighted by Gasteiger charge is -2.27. The molecular weight excluding hydrogens is 258 g/mol. The molecule has 0 radical (unpaired) electrons. The second kappa shape index (κ2) is 7.70. The zero-order valence-electron chi connectivity index (χ0n) is 10.7. The zero-order chi connectivity index (χ0) is 15.1. The van der Waals surface area contributed by atoms with Gasteiger partial charge in [-0.2, -0.15) is 0 Å². The van der Waals surface area contributed by atoms with Gasteiger partial charge in [-0.15, -0.1) is 0 Å². The van der Waals surface area contributed by atoms with Crippen LogP contribution >= 0.6 is 0 Å². The van der Waals surface area contributed by atoms with Gasteiger partial charge in [0.25, 0.3) is 0 Å². The summed E-state index contributed by atoms with van der Waals surface area (Å²) in [6.45, 7) is 1.53. The second-order valence-electron chi connectivity index (χ2n) is 4.15. The maximum absolute atomic E-state index is 11.5. The molecule has 0 bridgehead atoms. The van der Waals surface area contributed by atoms with Gasteiger partial charge in [0.2, 0.25) is 5.79 Å². The number of rotatable bonds is 9. The summed E-state index contributed by atoms with van der Waals surface area (Å²) in [4.78, 5) is 32.3. The first kappa shape index (κ1) is 17.3. The van der Waals surface area contributed by atoms with Gasteiger partial charge in [0.05, 0.1) is 6.42 Å². The molecule has 1 unspecified atom stereocenters. The van der Waals surface area contributed by atoms with E-state index in [1.165, 1.54) is 6.92 Å². The third kappa shape index (κ3) is 7.37. The molecule has 0 rings (SSSR count). The Morgan fingerprint density at radius 1 is 1.21 bits per heavy atom. The van der Waals surface area contributed by atoms with Gasteiger partial charge in [0, 0.05) is 19.3 Å². The molecule has 0 spiro atoms. The van der Waals surface area contributed by atoms with Crippen molar-refractivity contribution in [3.8, 4) is 0 Å². The van der Waals surface area contributed by atoms with E-state index in [1.54, 1.807) is 0 Å². The fourth-order valence-corrected chi connectivity index (χ4v) is 1.26. The largest absolute Gasteiger partial charge is 0.481 e. The molecule has 0 aliphatic carbocycles. The maximum Gasteiger partial charge on any atom is 0.325 e. The lowest BCUT2D eigenvalue weighted by Crippen LogP contribution is -2.42. The summed E-state index contributed by atoms with van der Waals surface area (Å²) in [6.07, 6.45) is -1.02. The zero-order valence-corrected chi connectivity index (χ0v) is 10.7. The Hall–Kier alpha value is -1.67. The van der Waals surface area contributed by atoms with Crippen LogP contribution < -0.4 is 5.73 Å². The Bertz CT molecular complexity index is 344. The van der Waals surface area contributed by atoms with Crippen molar-refractivity contribution in [3.63, 3.8) is 0 Å². The Morgan fingerprint density at radius 3 is 2.16 bits per heavy atom. The Labute approximate surface area is 110 Å². The molecule has 0 heterocycles. The molecular formula is C11H19NO7. The highest BCUT2D eigenvalue weighted by Gasteiger charge is 2.32. The lowest BCUT2D eigenvalue weighted by atomic mass is 10.1. The van der Waals surface area contributed by atoms with Crippen LogP contribution in [0.2, 0.25) is 0 Å². The summed E-state index contributed by atoms with van der Waals surface area (Å²) >= 11 is 0. The van der Waals surface area contributed by atoms with Crippen LogP contribution in [0.15, 0.2) is 0 Å². The number of hydrogen-bond donors (Lipinski definition) is 4. The van der Waals surface area contributed by atoms with Crippen molar-refractivity contribution in [1.29, 1.82) is 0 Å². The molecule has 0 saturated heterocycles. The third-order valence-electron chi connectivity index (χ3n) is 2.54. The van der Waals surface area contributed by atoms with Crippen molar-refractivity contribution in [2.75, 3.05) is 0 Å². The molecule has 19 heavy (non-hydrogen) atoms. The quantitative estimate of drug-likeness (QED) is 0.331. The number of aliphatic carboxylic acids is 2. The van der Waals surface area contributed by atoms with Gasteiger partial charge in [0.1, 0.15) is 6.04 Å². The average molecular weight is 277 g/mol. The van der Waals surface area contributed by atoms with Gasteiger partial charge in [-0.25, -0.2) is 0 Å². The number of carboxylic acid groups (broad SMARTS) is 2. The van der Waals surface area contributed by atoms with Crippen molar-refractivity contribution in [1.82, 2.24) is 0 Å². The highest BCUT2D eigenvalue weighted by Crippen LogP contribution is 2.20. The van der Waals surface area contributed by atoms with Gasteiger partial charge < -0.3 is 25.8 Å². The van der Waals surface area contributed by atoms with Crippen molar-refractivity contribution < 1.29 is 34.4 Å². The second-order valence-corrected chi connectivity index (χ2v) is 4.15. The smallest absolute Gasteiger partial charge is 0.325 e. The Balaban J connectivity index is 4.38. The van der Waals surface area contributed by atoms with Crippen LogP contribution in [0, 0.1) is 0 Å². The van der Waals surface area contributed by atoms with Crippen LogP contribution in [-0.2, 0) is 19.1 Å². The van der Waals surface area contributed by atoms with E-state index in [-0.39, 0.29) is 32.1 Å². The molecule has 5 N–H and O–H groups in total. The number of nitrogens with two attached hydrogens (primary N) is 1. The summed E-state index contributed by atoms with van der Waals surface area (Å²) < 4.78 is 4.77. The summed E-state index contributed by atoms with van der Waals surface area (Å²) in [5.41, 5.74) is 5.42. The average Bonchev–Trinajstić information content (AvgIpc) is 2.33.